The van der Waals surface area contributed by atoms with E-state index in [9.17, 15) is 19.4 Å². The van der Waals surface area contributed by atoms with E-state index in [-0.39, 0.29) is 18.9 Å². The van der Waals surface area contributed by atoms with Crippen LogP contribution in [-0.4, -0.2) is 68.5 Å². The lowest BCUT2D eigenvalue weighted by atomic mass is 10.0. The van der Waals surface area contributed by atoms with Crippen LogP contribution in [0.25, 0.3) is 0 Å². The first-order chi connectivity index (χ1) is 30.0. The van der Waals surface area contributed by atoms with Gasteiger partial charge < -0.3 is 28.8 Å². The number of phosphoric ester groups is 1. The highest BCUT2D eigenvalue weighted by Crippen LogP contribution is 2.38. The van der Waals surface area contributed by atoms with E-state index in [1.807, 2.05) is 39.4 Å². The minimum absolute atomic E-state index is 0.0187. The SMILES string of the molecule is CC/C=C\C/C=C\C/C=C\C/C=C\C/C=C\C/C=C\CCC(=O)NC(COP(=O)([O-])OCC[N+](C)(C)C)C(O)/C=C/CCCCCCCCCCCCCCCCCCCCC. The van der Waals surface area contributed by atoms with Gasteiger partial charge in [-0.25, -0.2) is 0 Å². The molecule has 3 atom stereocenters. The molecule has 0 heterocycles. The number of carbonyl (C=O) groups excluding carboxylic acids is 1. The average Bonchev–Trinajstić information content (AvgIpc) is 3.23. The van der Waals surface area contributed by atoms with Gasteiger partial charge in [0.25, 0.3) is 7.82 Å². The predicted octanol–water partition coefficient (Wildman–Crippen LogP) is 13.9. The smallest absolute Gasteiger partial charge is 0.268 e. The monoisotopic (exact) mass is 887 g/mol. The first kappa shape index (κ1) is 59.7. The summed E-state index contributed by atoms with van der Waals surface area (Å²) in [5, 5.41) is 13.8. The van der Waals surface area contributed by atoms with E-state index in [2.05, 4.69) is 79.9 Å². The van der Waals surface area contributed by atoms with E-state index in [0.29, 0.717) is 17.4 Å². The Labute approximate surface area is 382 Å². The largest absolute Gasteiger partial charge is 0.756 e. The number of carbonyl (C=O) groups is 1. The number of aliphatic hydroxyl groups is 1. The molecular formula is C53H95N2O6P. The number of unbranched alkanes of at least 4 members (excludes halogenated alkanes) is 19. The molecule has 0 aromatic rings. The van der Waals surface area contributed by atoms with Crippen LogP contribution in [0.3, 0.4) is 0 Å². The number of phosphoric acid groups is 1. The topological polar surface area (TPSA) is 108 Å². The van der Waals surface area contributed by atoms with E-state index in [0.717, 1.165) is 57.8 Å². The van der Waals surface area contributed by atoms with Crippen LogP contribution in [0, 0.1) is 0 Å². The fraction of sp³-hybridized carbons (Fsp3) is 0.717. The van der Waals surface area contributed by atoms with Crippen LogP contribution < -0.4 is 10.2 Å². The minimum atomic E-state index is -4.62. The van der Waals surface area contributed by atoms with Crippen molar-refractivity contribution < 1.29 is 32.9 Å². The summed E-state index contributed by atoms with van der Waals surface area (Å²) in [5.41, 5.74) is 0. The quantitative estimate of drug-likeness (QED) is 0.0273. The third-order valence-electron chi connectivity index (χ3n) is 10.6. The number of quaternary nitrogens is 1. The number of hydrogen-bond acceptors (Lipinski definition) is 6. The Morgan fingerprint density at radius 1 is 0.581 bits per heavy atom. The lowest BCUT2D eigenvalue weighted by molar-refractivity contribution is -0.870. The van der Waals surface area contributed by atoms with Gasteiger partial charge in [-0.2, -0.15) is 0 Å². The Hall–Kier alpha value is -2.32. The third kappa shape index (κ3) is 45.7. The molecule has 3 unspecified atom stereocenters. The highest BCUT2D eigenvalue weighted by atomic mass is 31.2. The number of amides is 1. The zero-order chi connectivity index (χ0) is 45.7. The Balaban J connectivity index is 4.47. The molecular weight excluding hydrogens is 792 g/mol. The normalized spacial score (nSPS) is 14.9. The van der Waals surface area contributed by atoms with Crippen LogP contribution >= 0.6 is 7.82 Å². The van der Waals surface area contributed by atoms with Crippen molar-refractivity contribution in [3.63, 3.8) is 0 Å². The van der Waals surface area contributed by atoms with Crippen molar-refractivity contribution in [2.45, 2.75) is 206 Å². The zero-order valence-electron chi connectivity index (χ0n) is 40.5. The molecule has 0 saturated heterocycles. The summed E-state index contributed by atoms with van der Waals surface area (Å²) >= 11 is 0. The van der Waals surface area contributed by atoms with Gasteiger partial charge in [0.05, 0.1) is 39.9 Å². The van der Waals surface area contributed by atoms with Gasteiger partial charge >= 0.3 is 0 Å². The molecule has 62 heavy (non-hydrogen) atoms. The summed E-state index contributed by atoms with van der Waals surface area (Å²) in [5.74, 6) is -0.281. The Kier molecular flexibility index (Phi) is 42.3. The van der Waals surface area contributed by atoms with Crippen molar-refractivity contribution in [1.82, 2.24) is 5.32 Å². The number of allylic oxidation sites excluding steroid dienone is 13. The van der Waals surface area contributed by atoms with Crippen molar-refractivity contribution >= 4 is 13.7 Å². The summed E-state index contributed by atoms with van der Waals surface area (Å²) in [6.45, 7) is 4.47. The third-order valence-corrected chi connectivity index (χ3v) is 11.6. The number of rotatable bonds is 44. The maximum atomic E-state index is 12.9. The van der Waals surface area contributed by atoms with E-state index in [1.165, 1.54) is 109 Å². The zero-order valence-corrected chi connectivity index (χ0v) is 41.4. The minimum Gasteiger partial charge on any atom is -0.756 e. The van der Waals surface area contributed by atoms with Crippen LogP contribution in [0.15, 0.2) is 85.1 Å². The number of hydrogen-bond donors (Lipinski definition) is 2. The second kappa shape index (κ2) is 43.9. The van der Waals surface area contributed by atoms with Gasteiger partial charge in [-0.05, 0) is 57.8 Å². The fourth-order valence-corrected chi connectivity index (χ4v) is 7.43. The van der Waals surface area contributed by atoms with Crippen molar-refractivity contribution in [2.75, 3.05) is 40.9 Å². The maximum absolute atomic E-state index is 12.9. The first-order valence-electron chi connectivity index (χ1n) is 24.9. The Morgan fingerprint density at radius 3 is 1.40 bits per heavy atom. The van der Waals surface area contributed by atoms with Crippen molar-refractivity contribution in [3.05, 3.63) is 85.1 Å². The van der Waals surface area contributed by atoms with Gasteiger partial charge in [0.15, 0.2) is 0 Å². The summed E-state index contributed by atoms with van der Waals surface area (Å²) < 4.78 is 23.2. The molecule has 8 nitrogen and oxygen atoms in total. The van der Waals surface area contributed by atoms with Crippen LogP contribution in [0.4, 0.5) is 0 Å². The van der Waals surface area contributed by atoms with E-state index in [4.69, 9.17) is 9.05 Å². The van der Waals surface area contributed by atoms with Gasteiger partial charge in [0.1, 0.15) is 13.2 Å². The van der Waals surface area contributed by atoms with Gasteiger partial charge in [-0.3, -0.25) is 9.36 Å². The molecule has 0 aromatic heterocycles. The molecule has 0 saturated carbocycles. The molecule has 2 N–H and O–H groups in total. The molecule has 0 spiro atoms. The molecule has 0 bridgehead atoms. The van der Waals surface area contributed by atoms with Gasteiger partial charge in [-0.1, -0.05) is 214 Å². The van der Waals surface area contributed by atoms with Crippen molar-refractivity contribution in [3.8, 4) is 0 Å². The lowest BCUT2D eigenvalue weighted by Crippen LogP contribution is -2.45. The van der Waals surface area contributed by atoms with Crippen LogP contribution in [-0.2, 0) is 18.4 Å². The second-order valence-corrected chi connectivity index (χ2v) is 19.2. The summed E-state index contributed by atoms with van der Waals surface area (Å²) in [6, 6.07) is -0.932. The van der Waals surface area contributed by atoms with Crippen molar-refractivity contribution in [1.29, 1.82) is 0 Å². The molecule has 0 aliphatic heterocycles. The number of nitrogens with zero attached hydrogens (tertiary/aromatic N) is 1. The Morgan fingerprint density at radius 2 is 0.984 bits per heavy atom. The highest BCUT2D eigenvalue weighted by Gasteiger charge is 2.23. The molecule has 9 heteroatoms. The van der Waals surface area contributed by atoms with E-state index in [1.54, 1.807) is 6.08 Å². The number of nitrogens with one attached hydrogen (secondary N) is 1. The number of likely N-dealkylation sites (N-methyl/N-ethyl adjacent to an activating group) is 1. The van der Waals surface area contributed by atoms with E-state index >= 15 is 0 Å². The molecule has 0 aliphatic carbocycles. The number of aliphatic hydroxyl groups excluding tert-OH is 1. The maximum Gasteiger partial charge on any atom is 0.268 e. The summed E-state index contributed by atoms with van der Waals surface area (Å²) in [4.78, 5) is 25.3. The Bertz CT molecular complexity index is 1280. The van der Waals surface area contributed by atoms with Gasteiger partial charge in [0.2, 0.25) is 5.91 Å². The molecule has 358 valence electrons. The van der Waals surface area contributed by atoms with Crippen LogP contribution in [0.2, 0.25) is 0 Å². The molecule has 0 rings (SSSR count). The standard InChI is InChI=1S/C53H95N2O6P/c1-6-8-10-12-14-16-18-20-22-24-26-27-29-30-32-34-36-38-40-42-44-46-52(56)51(50-61-62(58,59)60-49-48-55(3,4)5)54-53(57)47-45-43-41-39-37-35-33-31-28-25-23-21-19-17-15-13-11-9-7-2/h9,11,15,17,21,23,28,31,35,37,41,43-44,46,51-52,56H,6-8,10,12-14,16,18-20,22,24-27,29-30,32-34,36,38-40,42,45,47-50H2,1-5H3,(H-,54,57,58,59)/b11-9-,17-15-,23-21-,31-28-,37-35-,43-41-,46-44+. The lowest BCUT2D eigenvalue weighted by Gasteiger charge is -2.29. The summed E-state index contributed by atoms with van der Waals surface area (Å²) in [6.07, 6.45) is 60.8. The summed E-state index contributed by atoms with van der Waals surface area (Å²) in [7, 11) is 1.20. The molecule has 0 aliphatic rings. The fourth-order valence-electron chi connectivity index (χ4n) is 6.70. The van der Waals surface area contributed by atoms with Gasteiger partial charge in [0, 0.05) is 6.42 Å². The highest BCUT2D eigenvalue weighted by molar-refractivity contribution is 7.45. The second-order valence-electron chi connectivity index (χ2n) is 17.8. The van der Waals surface area contributed by atoms with E-state index < -0.39 is 26.6 Å². The van der Waals surface area contributed by atoms with Crippen molar-refractivity contribution in [2.24, 2.45) is 0 Å². The van der Waals surface area contributed by atoms with Crippen LogP contribution in [0.5, 0.6) is 0 Å². The molecule has 1 amide bonds. The predicted molar refractivity (Wildman–Crippen MR) is 265 cm³/mol. The average molecular weight is 887 g/mol. The van der Waals surface area contributed by atoms with Gasteiger partial charge in [-0.15, -0.1) is 0 Å². The van der Waals surface area contributed by atoms with Crippen LogP contribution in [0.1, 0.15) is 194 Å². The first-order valence-corrected chi connectivity index (χ1v) is 26.4. The molecule has 0 radical (unpaired) electrons. The molecule has 0 fully saturated rings. The molecule has 0 aromatic carbocycles.